The van der Waals surface area contributed by atoms with E-state index in [1.807, 2.05) is 146 Å². The summed E-state index contributed by atoms with van der Waals surface area (Å²) < 4.78 is 4.33. The highest BCUT2D eigenvalue weighted by Crippen LogP contribution is 2.34. The first-order valence-electron chi connectivity index (χ1n) is 25.5. The molecule has 0 saturated heterocycles. The maximum Gasteiger partial charge on any atom is 0.331 e. The van der Waals surface area contributed by atoms with Gasteiger partial charge in [-0.3, -0.25) is 19.2 Å². The van der Waals surface area contributed by atoms with E-state index in [0.29, 0.717) is 67.8 Å². The molecule has 0 bridgehead atoms. The maximum absolute atomic E-state index is 13.7. The summed E-state index contributed by atoms with van der Waals surface area (Å²) in [4.78, 5) is 71.7. The molecule has 2 aromatic heterocycles. The molecule has 1 N–H and O–H groups in total. The maximum atomic E-state index is 13.7. The van der Waals surface area contributed by atoms with Crippen LogP contribution in [0.3, 0.4) is 0 Å². The van der Waals surface area contributed by atoms with Crippen molar-refractivity contribution in [3.8, 4) is 0 Å². The summed E-state index contributed by atoms with van der Waals surface area (Å²) in [6.07, 6.45) is 0.608. The minimum absolute atomic E-state index is 0. The molecule has 0 atom stereocenters. The van der Waals surface area contributed by atoms with Crippen molar-refractivity contribution in [2.24, 2.45) is 10.3 Å². The second-order valence-corrected chi connectivity index (χ2v) is 21.4. The van der Waals surface area contributed by atoms with E-state index >= 15 is 0 Å². The Balaban J connectivity index is 0.000000208. The van der Waals surface area contributed by atoms with E-state index in [0.717, 1.165) is 66.5 Å². The van der Waals surface area contributed by atoms with Gasteiger partial charge in [-0.25, -0.2) is 4.79 Å². The van der Waals surface area contributed by atoms with Crippen molar-refractivity contribution in [2.45, 2.75) is 63.9 Å². The molecule has 11 nitrogen and oxygen atoms in total. The molecular formula is C65H56Cl2N4O7S2. The number of thioether (sulfide) groups is 2. The summed E-state index contributed by atoms with van der Waals surface area (Å²) in [5.74, 6) is -0.224. The zero-order valence-electron chi connectivity index (χ0n) is 43.3. The molecule has 10 rings (SSSR count). The van der Waals surface area contributed by atoms with Crippen LogP contribution < -0.4 is 0 Å². The summed E-state index contributed by atoms with van der Waals surface area (Å²) in [6.45, 7) is 6.83. The van der Waals surface area contributed by atoms with Crippen molar-refractivity contribution in [2.75, 3.05) is 11.5 Å². The Bertz CT molecular complexity index is 3990. The molecule has 8 aromatic carbocycles. The van der Waals surface area contributed by atoms with Crippen LogP contribution in [0.15, 0.2) is 202 Å². The quantitative estimate of drug-likeness (QED) is 0.0208. The van der Waals surface area contributed by atoms with Gasteiger partial charge in [-0.05, 0) is 135 Å². The number of aryl methyl sites for hydroxylation is 2. The smallest absolute Gasteiger partial charge is 0.331 e. The van der Waals surface area contributed by atoms with E-state index in [9.17, 15) is 29.2 Å². The Morgan fingerprint density at radius 1 is 0.475 bits per heavy atom. The fourth-order valence-electron chi connectivity index (χ4n) is 9.42. The summed E-state index contributed by atoms with van der Waals surface area (Å²) in [7, 11) is 0. The van der Waals surface area contributed by atoms with Gasteiger partial charge in [0.25, 0.3) is 0 Å². The number of benzene rings is 8. The number of rotatable bonds is 19. The minimum Gasteiger partial charge on any atom is -0.411 e. The highest BCUT2D eigenvalue weighted by molar-refractivity contribution is 7.99. The van der Waals surface area contributed by atoms with Gasteiger partial charge in [0, 0.05) is 141 Å². The van der Waals surface area contributed by atoms with Crippen molar-refractivity contribution in [3.63, 3.8) is 0 Å². The zero-order valence-corrected chi connectivity index (χ0v) is 46.5. The summed E-state index contributed by atoms with van der Waals surface area (Å²) >= 11 is 15.0. The number of oxime groups is 2. The number of nitrogens with zero attached hydrogens (tertiary/aromatic N) is 4. The van der Waals surface area contributed by atoms with Gasteiger partial charge in [0.1, 0.15) is 11.4 Å². The monoisotopic (exact) mass is 1140 g/mol. The van der Waals surface area contributed by atoms with Crippen LogP contribution in [0.1, 0.15) is 93.6 Å². The van der Waals surface area contributed by atoms with Crippen molar-refractivity contribution < 1.29 is 34.0 Å². The number of fused-ring (bicyclic) bond motifs is 6. The van der Waals surface area contributed by atoms with E-state index in [-0.39, 0.29) is 42.0 Å². The van der Waals surface area contributed by atoms with Crippen LogP contribution in [0.2, 0.25) is 10.0 Å². The fourth-order valence-corrected chi connectivity index (χ4v) is 11.4. The summed E-state index contributed by atoms with van der Waals surface area (Å²) in [5, 5.41) is 21.7. The lowest BCUT2D eigenvalue weighted by Crippen LogP contribution is -2.16. The Labute approximate surface area is 482 Å². The number of hydrogen-bond donors (Lipinski definition) is 1. The van der Waals surface area contributed by atoms with Crippen LogP contribution in [0.5, 0.6) is 0 Å². The highest BCUT2D eigenvalue weighted by Gasteiger charge is 2.22. The molecule has 0 aliphatic carbocycles. The van der Waals surface area contributed by atoms with Crippen molar-refractivity contribution in [1.29, 1.82) is 0 Å². The van der Waals surface area contributed by atoms with Crippen LogP contribution in [-0.4, -0.2) is 66.4 Å². The van der Waals surface area contributed by atoms with Gasteiger partial charge in [-0.15, -0.1) is 23.5 Å². The molecule has 0 aliphatic rings. The SMILES string of the molecule is C.CCn1c2ccc(C(=O)/C(CCSc3ccc(Cl)cc3)=N/O)cc2c2cc(C(=O)c3ccccc3)ccc21.CCn1c2ccc(C(=O)/C(CCSc3ccc(Cl)cc3)=N/OC(C)=O)cc2c2cc(C(=O)c3ccccc3)ccc21. The number of Topliss-reactive ketones (excluding diaryl/α,β-unsaturated/α-hetero) is 2. The standard InChI is InChI=1S/C33H27ClN2O4S.C31H25ClN2O3S.CH4/c1-3-36-30-15-9-23(32(38)22-7-5-4-6-8-22)19-27(30)28-20-24(10-16-31(28)36)33(39)29(35-40-21(2)37)17-18-41-26-13-11-25(34)12-14-26;1-2-34-28-14-8-21(30(35)20-6-4-3-5-7-20)18-25(28)26-19-22(9-15-29(26)34)31(36)27(33-37)16-17-38-24-12-10-23(32)11-13-24;/h4-16,19-20H,3,17-18H2,1-2H3;3-15,18-19,37H,2,16-17H2,1H3;1H4/b35-29+;33-27+;. The fraction of sp³-hybridized carbons (Fsp3) is 0.154. The Morgan fingerprint density at radius 3 is 1.19 bits per heavy atom. The minimum atomic E-state index is -0.599. The van der Waals surface area contributed by atoms with Crippen LogP contribution in [-0.2, 0) is 22.7 Å². The molecule has 15 heteroatoms. The van der Waals surface area contributed by atoms with Crippen LogP contribution >= 0.6 is 46.7 Å². The topological polar surface area (TPSA) is 149 Å². The molecule has 0 fully saturated rings. The second kappa shape index (κ2) is 26.7. The number of hydrogen-bond acceptors (Lipinski definition) is 11. The predicted octanol–water partition coefficient (Wildman–Crippen LogP) is 16.5. The largest absolute Gasteiger partial charge is 0.411 e. The van der Waals surface area contributed by atoms with E-state index in [2.05, 4.69) is 33.3 Å². The van der Waals surface area contributed by atoms with Crippen molar-refractivity contribution in [1.82, 2.24) is 9.13 Å². The first-order valence-corrected chi connectivity index (χ1v) is 28.2. The third-order valence-electron chi connectivity index (χ3n) is 13.3. The van der Waals surface area contributed by atoms with E-state index in [4.69, 9.17) is 28.0 Å². The summed E-state index contributed by atoms with van der Waals surface area (Å²) in [5.41, 5.74) is 7.43. The highest BCUT2D eigenvalue weighted by atomic mass is 35.5. The number of carbonyl (C=O) groups is 5. The average molecular weight is 1140 g/mol. The molecule has 0 saturated carbocycles. The number of carbonyl (C=O) groups excluding carboxylic acids is 5. The molecule has 0 amide bonds. The van der Waals surface area contributed by atoms with Gasteiger partial charge in [-0.1, -0.05) is 102 Å². The molecule has 404 valence electrons. The number of ketones is 4. The van der Waals surface area contributed by atoms with Gasteiger partial charge in [0.05, 0.1) is 0 Å². The van der Waals surface area contributed by atoms with Gasteiger partial charge >= 0.3 is 5.97 Å². The van der Waals surface area contributed by atoms with E-state index in [1.54, 1.807) is 59.9 Å². The Morgan fingerprint density at radius 2 is 0.825 bits per heavy atom. The Kier molecular flexibility index (Phi) is 19.4. The third kappa shape index (κ3) is 13.2. The molecule has 0 spiro atoms. The first kappa shape index (κ1) is 58.1. The van der Waals surface area contributed by atoms with Gasteiger partial charge in [0.15, 0.2) is 11.6 Å². The third-order valence-corrected chi connectivity index (χ3v) is 15.8. The molecule has 0 aliphatic heterocycles. The van der Waals surface area contributed by atoms with E-state index < -0.39 is 5.97 Å². The number of aromatic nitrogens is 2. The van der Waals surface area contributed by atoms with Crippen molar-refractivity contribution in [3.05, 3.63) is 225 Å². The predicted molar refractivity (Wildman–Crippen MR) is 327 cm³/mol. The number of halogens is 2. The second-order valence-electron chi connectivity index (χ2n) is 18.2. The van der Waals surface area contributed by atoms with Crippen molar-refractivity contribution >= 4 is 131 Å². The molecule has 80 heavy (non-hydrogen) atoms. The molecular weight excluding hydrogens is 1080 g/mol. The lowest BCUT2D eigenvalue weighted by atomic mass is 9.99. The first-order chi connectivity index (χ1) is 38.3. The molecule has 2 heterocycles. The molecule has 0 unspecified atom stereocenters. The molecule has 10 aromatic rings. The lowest BCUT2D eigenvalue weighted by molar-refractivity contribution is -0.140. The zero-order chi connectivity index (χ0) is 55.6. The van der Waals surface area contributed by atoms with Gasteiger partial charge < -0.3 is 19.2 Å². The van der Waals surface area contributed by atoms with E-state index in [1.165, 1.54) is 6.92 Å². The normalized spacial score (nSPS) is 11.6. The van der Waals surface area contributed by atoms with Crippen LogP contribution in [0, 0.1) is 0 Å². The lowest BCUT2D eigenvalue weighted by Gasteiger charge is -2.07. The van der Waals surface area contributed by atoms with Crippen LogP contribution in [0.4, 0.5) is 0 Å². The molecule has 0 radical (unpaired) electrons. The Hall–Kier alpha value is -8.07. The van der Waals surface area contributed by atoms with Gasteiger partial charge in [0.2, 0.25) is 11.6 Å². The summed E-state index contributed by atoms with van der Waals surface area (Å²) in [6, 6.07) is 55.7. The van der Waals surface area contributed by atoms with Gasteiger partial charge in [-0.2, -0.15) is 0 Å². The average Bonchev–Trinajstić information content (AvgIpc) is 4.06. The van der Waals surface area contributed by atoms with Crippen LogP contribution in [0.25, 0.3) is 43.6 Å².